The number of hydrogen-bond donors (Lipinski definition) is 0. The van der Waals surface area contributed by atoms with E-state index in [4.69, 9.17) is 12.2 Å². The molecule has 0 amide bonds. The monoisotopic (exact) mass is 288 g/mol. The summed E-state index contributed by atoms with van der Waals surface area (Å²) in [4.78, 5) is 2.50. The molecule has 0 N–H and O–H groups in total. The summed E-state index contributed by atoms with van der Waals surface area (Å²) in [6, 6.07) is 11.3. The molecule has 106 valence electrons. The van der Waals surface area contributed by atoms with Crippen LogP contribution in [0.25, 0.3) is 0 Å². The molecule has 4 nitrogen and oxygen atoms in total. The molecule has 0 radical (unpaired) electrons. The van der Waals surface area contributed by atoms with Crippen LogP contribution < -0.4 is 0 Å². The average Bonchev–Trinajstić information content (AvgIpc) is 3.02. The molecule has 0 unspecified atom stereocenters. The third-order valence-electron chi connectivity index (χ3n) is 4.02. The molecule has 3 rings (SSSR count). The lowest BCUT2D eigenvalue weighted by molar-refractivity contribution is 0.187. The van der Waals surface area contributed by atoms with Gasteiger partial charge in [-0.15, -0.1) is 0 Å². The van der Waals surface area contributed by atoms with Crippen molar-refractivity contribution in [1.82, 2.24) is 19.2 Å². The second kappa shape index (κ2) is 5.89. The second-order valence-corrected chi connectivity index (χ2v) is 5.83. The topological polar surface area (TPSA) is 26.0 Å². The second-order valence-electron chi connectivity index (χ2n) is 5.46. The van der Waals surface area contributed by atoms with Gasteiger partial charge < -0.3 is 4.57 Å². The molecule has 1 aromatic heterocycles. The Kier molecular flexibility index (Phi) is 3.98. The van der Waals surface area contributed by atoms with Crippen molar-refractivity contribution in [1.29, 1.82) is 0 Å². The summed E-state index contributed by atoms with van der Waals surface area (Å²) in [5.74, 6) is 0. The molecule has 20 heavy (non-hydrogen) atoms. The fourth-order valence-electron chi connectivity index (χ4n) is 2.89. The van der Waals surface area contributed by atoms with Gasteiger partial charge in [-0.3, -0.25) is 4.90 Å². The third-order valence-corrected chi connectivity index (χ3v) is 4.51. The first-order valence-corrected chi connectivity index (χ1v) is 7.51. The summed E-state index contributed by atoms with van der Waals surface area (Å²) < 4.78 is 4.59. The fraction of sp³-hybridized carbons (Fsp3) is 0.467. The first-order valence-electron chi connectivity index (χ1n) is 7.10. The van der Waals surface area contributed by atoms with E-state index in [1.54, 1.807) is 6.33 Å². The van der Waals surface area contributed by atoms with Crippen molar-refractivity contribution in [3.63, 3.8) is 0 Å². The lowest BCUT2D eigenvalue weighted by Crippen LogP contribution is -2.33. The zero-order valence-electron chi connectivity index (χ0n) is 11.8. The van der Waals surface area contributed by atoms with Crippen molar-refractivity contribution in [3.05, 3.63) is 47.0 Å². The number of aryl methyl sites for hydroxylation is 1. The highest BCUT2D eigenvalue weighted by atomic mass is 32.1. The van der Waals surface area contributed by atoms with Gasteiger partial charge >= 0.3 is 0 Å². The summed E-state index contributed by atoms with van der Waals surface area (Å²) in [7, 11) is 1.94. The van der Waals surface area contributed by atoms with Gasteiger partial charge in [-0.25, -0.2) is 4.68 Å². The maximum atomic E-state index is 5.37. The largest absolute Gasteiger partial charge is 0.310 e. The quantitative estimate of drug-likeness (QED) is 0.809. The Labute approximate surface area is 124 Å². The Balaban J connectivity index is 1.70. The van der Waals surface area contributed by atoms with Crippen LogP contribution >= 0.6 is 12.2 Å². The molecule has 1 fully saturated rings. The van der Waals surface area contributed by atoms with E-state index < -0.39 is 0 Å². The van der Waals surface area contributed by atoms with Crippen LogP contribution in [0, 0.1) is 4.77 Å². The summed E-state index contributed by atoms with van der Waals surface area (Å²) in [5, 5.41) is 4.35. The number of nitrogens with zero attached hydrogens (tertiary/aromatic N) is 4. The van der Waals surface area contributed by atoms with Crippen LogP contribution in [-0.4, -0.2) is 31.8 Å². The Bertz CT molecular complexity index is 616. The van der Waals surface area contributed by atoms with E-state index >= 15 is 0 Å². The SMILES string of the molecule is Cn1cnn(CN2CCC[C@H]2Cc2ccccc2)c1=S. The van der Waals surface area contributed by atoms with Crippen LogP contribution in [0.4, 0.5) is 0 Å². The molecule has 0 bridgehead atoms. The maximum Gasteiger partial charge on any atom is 0.198 e. The zero-order valence-corrected chi connectivity index (χ0v) is 12.6. The van der Waals surface area contributed by atoms with Gasteiger partial charge in [0, 0.05) is 19.6 Å². The first-order chi connectivity index (χ1) is 9.74. The highest BCUT2D eigenvalue weighted by Gasteiger charge is 2.25. The lowest BCUT2D eigenvalue weighted by Gasteiger charge is -2.24. The molecule has 0 aliphatic carbocycles. The molecule has 0 spiro atoms. The van der Waals surface area contributed by atoms with E-state index in [1.165, 1.54) is 18.4 Å². The van der Waals surface area contributed by atoms with Crippen molar-refractivity contribution in [2.75, 3.05) is 6.54 Å². The van der Waals surface area contributed by atoms with E-state index in [9.17, 15) is 0 Å². The van der Waals surface area contributed by atoms with E-state index in [1.807, 2.05) is 16.3 Å². The molecular weight excluding hydrogens is 268 g/mol. The molecule has 1 aliphatic heterocycles. The van der Waals surface area contributed by atoms with Crippen molar-refractivity contribution >= 4 is 12.2 Å². The molecule has 5 heteroatoms. The van der Waals surface area contributed by atoms with Gasteiger partial charge in [0.1, 0.15) is 6.33 Å². The van der Waals surface area contributed by atoms with E-state index in [2.05, 4.69) is 40.3 Å². The standard InChI is InChI=1S/C15H20N4S/c1-17-11-16-19(15(17)20)12-18-9-5-8-14(18)10-13-6-3-2-4-7-13/h2-4,6-7,11,14H,5,8-10,12H2,1H3/t14-/m0/s1. The molecular formula is C15H20N4S. The van der Waals surface area contributed by atoms with Gasteiger partial charge in [0.2, 0.25) is 0 Å². The predicted molar refractivity (Wildman–Crippen MR) is 81.9 cm³/mol. The van der Waals surface area contributed by atoms with Crippen LogP contribution in [-0.2, 0) is 20.1 Å². The highest BCUT2D eigenvalue weighted by Crippen LogP contribution is 2.21. The van der Waals surface area contributed by atoms with Gasteiger partial charge in [0.25, 0.3) is 0 Å². The van der Waals surface area contributed by atoms with Crippen LogP contribution in [0.1, 0.15) is 18.4 Å². The molecule has 2 aromatic rings. The van der Waals surface area contributed by atoms with Crippen molar-refractivity contribution < 1.29 is 0 Å². The van der Waals surface area contributed by atoms with E-state index in [-0.39, 0.29) is 0 Å². The van der Waals surface area contributed by atoms with Crippen LogP contribution in [0.5, 0.6) is 0 Å². The molecule has 1 aromatic carbocycles. The minimum absolute atomic E-state index is 0.598. The number of aromatic nitrogens is 3. The number of hydrogen-bond acceptors (Lipinski definition) is 3. The minimum atomic E-state index is 0.598. The highest BCUT2D eigenvalue weighted by molar-refractivity contribution is 7.71. The van der Waals surface area contributed by atoms with Crippen molar-refractivity contribution in [3.8, 4) is 0 Å². The maximum absolute atomic E-state index is 5.37. The van der Waals surface area contributed by atoms with Crippen molar-refractivity contribution in [2.24, 2.45) is 7.05 Å². The Morgan fingerprint density at radius 3 is 2.80 bits per heavy atom. The van der Waals surface area contributed by atoms with Gasteiger partial charge in [0.15, 0.2) is 4.77 Å². The number of benzene rings is 1. The summed E-state index contributed by atoms with van der Waals surface area (Å²) in [6.45, 7) is 1.94. The Morgan fingerprint density at radius 1 is 1.30 bits per heavy atom. The lowest BCUT2D eigenvalue weighted by atomic mass is 10.0. The van der Waals surface area contributed by atoms with E-state index in [0.717, 1.165) is 24.4 Å². The summed E-state index contributed by atoms with van der Waals surface area (Å²) >= 11 is 5.37. The van der Waals surface area contributed by atoms with E-state index in [0.29, 0.717) is 6.04 Å². The smallest absolute Gasteiger partial charge is 0.198 e. The summed E-state index contributed by atoms with van der Waals surface area (Å²) in [5.41, 5.74) is 1.41. The number of likely N-dealkylation sites (tertiary alicyclic amines) is 1. The minimum Gasteiger partial charge on any atom is -0.310 e. The van der Waals surface area contributed by atoms with Crippen LogP contribution in [0.15, 0.2) is 36.7 Å². The fourth-order valence-corrected chi connectivity index (χ4v) is 3.04. The average molecular weight is 288 g/mol. The molecule has 2 heterocycles. The normalized spacial score (nSPS) is 19.6. The van der Waals surface area contributed by atoms with Gasteiger partial charge in [-0.05, 0) is 37.0 Å². The third kappa shape index (κ3) is 2.83. The Hall–Kier alpha value is -1.46. The number of rotatable bonds is 4. The van der Waals surface area contributed by atoms with Gasteiger partial charge in [0.05, 0.1) is 6.67 Å². The Morgan fingerprint density at radius 2 is 2.10 bits per heavy atom. The van der Waals surface area contributed by atoms with Crippen LogP contribution in [0.3, 0.4) is 0 Å². The predicted octanol–water partition coefficient (Wildman–Crippen LogP) is 2.62. The molecule has 1 saturated heterocycles. The molecule has 1 aliphatic rings. The van der Waals surface area contributed by atoms with Crippen LogP contribution in [0.2, 0.25) is 0 Å². The zero-order chi connectivity index (χ0) is 13.9. The first kappa shape index (κ1) is 13.5. The summed E-state index contributed by atoms with van der Waals surface area (Å²) in [6.07, 6.45) is 5.41. The molecule has 1 atom stereocenters. The molecule has 0 saturated carbocycles. The van der Waals surface area contributed by atoms with Crippen molar-refractivity contribution in [2.45, 2.75) is 32.0 Å². The van der Waals surface area contributed by atoms with Gasteiger partial charge in [-0.1, -0.05) is 30.3 Å². The van der Waals surface area contributed by atoms with Gasteiger partial charge in [-0.2, -0.15) is 5.10 Å².